The molecule has 3 rings (SSSR count). The fourth-order valence-corrected chi connectivity index (χ4v) is 2.62. The lowest BCUT2D eigenvalue weighted by Gasteiger charge is -2.10. The fourth-order valence-electron chi connectivity index (χ4n) is 2.62. The molecule has 0 bridgehead atoms. The van der Waals surface area contributed by atoms with Crippen LogP contribution in [-0.4, -0.2) is 31.7 Å². The number of nitrogens with zero attached hydrogens (tertiary/aromatic N) is 4. The number of ether oxygens (including phenoxy) is 1. The normalized spacial score (nSPS) is 10.9. The Balaban J connectivity index is 1.93. The van der Waals surface area contributed by atoms with Crippen LogP contribution in [0.1, 0.15) is 0 Å². The molecule has 26 heavy (non-hydrogen) atoms. The first-order valence-corrected chi connectivity index (χ1v) is 7.57. The van der Waals surface area contributed by atoms with Crippen molar-refractivity contribution in [2.75, 3.05) is 12.4 Å². The Hall–Kier alpha value is -3.43. The number of benzene rings is 1. The van der Waals surface area contributed by atoms with E-state index in [0.717, 1.165) is 10.6 Å². The molecule has 0 fully saturated rings. The molecule has 0 aliphatic carbocycles. The van der Waals surface area contributed by atoms with Crippen LogP contribution < -0.4 is 21.3 Å². The second-order valence-corrected chi connectivity index (χ2v) is 5.66. The van der Waals surface area contributed by atoms with Crippen molar-refractivity contribution < 1.29 is 13.9 Å². The van der Waals surface area contributed by atoms with Gasteiger partial charge in [0.1, 0.15) is 6.54 Å². The summed E-state index contributed by atoms with van der Waals surface area (Å²) in [5.74, 6) is -1.25. The third kappa shape index (κ3) is 2.85. The molecule has 2 aromatic heterocycles. The fraction of sp³-hybridized carbons (Fsp3) is 0.250. The number of imidazole rings is 1. The van der Waals surface area contributed by atoms with Gasteiger partial charge in [-0.2, -0.15) is 0 Å². The van der Waals surface area contributed by atoms with E-state index in [0.29, 0.717) is 0 Å². The zero-order valence-corrected chi connectivity index (χ0v) is 14.3. The van der Waals surface area contributed by atoms with Gasteiger partial charge >= 0.3 is 5.69 Å². The Morgan fingerprint density at radius 3 is 2.69 bits per heavy atom. The molecular weight excluding hydrogens is 345 g/mol. The van der Waals surface area contributed by atoms with Crippen LogP contribution in [0.3, 0.4) is 0 Å². The summed E-state index contributed by atoms with van der Waals surface area (Å²) in [4.78, 5) is 41.1. The highest BCUT2D eigenvalue weighted by atomic mass is 19.1. The number of carbonyl (C=O) groups excluding carboxylic acids is 1. The van der Waals surface area contributed by atoms with Gasteiger partial charge in [-0.05, 0) is 12.1 Å². The van der Waals surface area contributed by atoms with Crippen molar-refractivity contribution in [3.63, 3.8) is 0 Å². The minimum atomic E-state index is -0.669. The predicted octanol–water partition coefficient (Wildman–Crippen LogP) is 0.220. The number of halogens is 1. The molecule has 10 heteroatoms. The SMILES string of the molecule is COc1ccc(NC(=O)Cn2c(=O)c3c(ncn3C)n(C)c2=O)cc1F. The molecule has 0 saturated heterocycles. The molecule has 3 aromatic rings. The van der Waals surface area contributed by atoms with Gasteiger partial charge in [0.25, 0.3) is 5.56 Å². The van der Waals surface area contributed by atoms with Crippen molar-refractivity contribution >= 4 is 22.8 Å². The monoisotopic (exact) mass is 361 g/mol. The van der Waals surface area contributed by atoms with Gasteiger partial charge in [0.05, 0.1) is 13.4 Å². The first kappa shape index (κ1) is 17.4. The summed E-state index contributed by atoms with van der Waals surface area (Å²) in [6.07, 6.45) is 1.41. The molecule has 9 nitrogen and oxygen atoms in total. The molecule has 1 N–H and O–H groups in total. The third-order valence-corrected chi connectivity index (χ3v) is 3.94. The van der Waals surface area contributed by atoms with E-state index in [1.165, 1.54) is 41.8 Å². The number of carbonyl (C=O) groups is 1. The number of aryl methyl sites for hydroxylation is 2. The number of methoxy groups -OCH3 is 1. The van der Waals surface area contributed by atoms with Crippen LogP contribution in [0.5, 0.6) is 5.75 Å². The lowest BCUT2D eigenvalue weighted by Crippen LogP contribution is -2.42. The van der Waals surface area contributed by atoms with Crippen LogP contribution in [0.25, 0.3) is 11.2 Å². The molecule has 0 aliphatic rings. The maximum absolute atomic E-state index is 13.7. The Morgan fingerprint density at radius 2 is 2.04 bits per heavy atom. The minimum Gasteiger partial charge on any atom is -0.494 e. The van der Waals surface area contributed by atoms with Gasteiger partial charge < -0.3 is 14.6 Å². The number of hydrogen-bond donors (Lipinski definition) is 1. The second-order valence-electron chi connectivity index (χ2n) is 5.66. The number of aromatic nitrogens is 4. The zero-order chi connectivity index (χ0) is 19.0. The van der Waals surface area contributed by atoms with Crippen LogP contribution in [0.2, 0.25) is 0 Å². The zero-order valence-electron chi connectivity index (χ0n) is 14.3. The largest absolute Gasteiger partial charge is 0.494 e. The minimum absolute atomic E-state index is 0.0368. The van der Waals surface area contributed by atoms with Crippen LogP contribution in [0.4, 0.5) is 10.1 Å². The van der Waals surface area contributed by atoms with Gasteiger partial charge in [0.15, 0.2) is 22.7 Å². The lowest BCUT2D eigenvalue weighted by atomic mass is 10.3. The Bertz CT molecular complexity index is 1130. The Morgan fingerprint density at radius 1 is 1.31 bits per heavy atom. The number of hydrogen-bond acceptors (Lipinski definition) is 5. The number of amides is 1. The summed E-state index contributed by atoms with van der Waals surface area (Å²) in [5, 5.41) is 2.45. The van der Waals surface area contributed by atoms with E-state index >= 15 is 0 Å². The molecule has 136 valence electrons. The van der Waals surface area contributed by atoms with Gasteiger partial charge in [0, 0.05) is 25.8 Å². The first-order valence-electron chi connectivity index (χ1n) is 7.57. The van der Waals surface area contributed by atoms with Crippen LogP contribution in [-0.2, 0) is 25.4 Å². The van der Waals surface area contributed by atoms with Gasteiger partial charge in [-0.1, -0.05) is 0 Å². The van der Waals surface area contributed by atoms with Crippen LogP contribution >= 0.6 is 0 Å². The molecule has 0 saturated carbocycles. The third-order valence-electron chi connectivity index (χ3n) is 3.94. The van der Waals surface area contributed by atoms with Crippen molar-refractivity contribution in [1.82, 2.24) is 18.7 Å². The van der Waals surface area contributed by atoms with Gasteiger partial charge in [-0.3, -0.25) is 14.2 Å². The van der Waals surface area contributed by atoms with Crippen LogP contribution in [0, 0.1) is 5.82 Å². The van der Waals surface area contributed by atoms with Crippen molar-refractivity contribution in [2.24, 2.45) is 14.1 Å². The van der Waals surface area contributed by atoms with Gasteiger partial charge in [-0.25, -0.2) is 18.7 Å². The standard InChI is InChI=1S/C16H16FN5O4/c1-20-8-18-14-13(20)15(24)22(16(25)21(14)2)7-12(23)19-9-4-5-11(26-3)10(17)6-9/h4-6,8H,7H2,1-3H3,(H,19,23). The number of nitrogens with one attached hydrogen (secondary N) is 1. The quantitative estimate of drug-likeness (QED) is 0.717. The highest BCUT2D eigenvalue weighted by Gasteiger charge is 2.17. The van der Waals surface area contributed by atoms with E-state index in [1.54, 1.807) is 7.05 Å². The molecule has 0 spiro atoms. The van der Waals surface area contributed by atoms with Crippen molar-refractivity contribution in [3.05, 3.63) is 51.2 Å². The van der Waals surface area contributed by atoms with E-state index < -0.39 is 29.5 Å². The average Bonchev–Trinajstić information content (AvgIpc) is 2.99. The second kappa shape index (κ2) is 6.47. The average molecular weight is 361 g/mol. The molecule has 0 atom stereocenters. The summed E-state index contributed by atoms with van der Waals surface area (Å²) in [7, 11) is 4.41. The number of fused-ring (bicyclic) bond motifs is 1. The summed E-state index contributed by atoms with van der Waals surface area (Å²) in [6, 6.07) is 3.89. The van der Waals surface area contributed by atoms with Gasteiger partial charge in [-0.15, -0.1) is 0 Å². The smallest absolute Gasteiger partial charge is 0.332 e. The van der Waals surface area contributed by atoms with E-state index in [4.69, 9.17) is 4.74 Å². The van der Waals surface area contributed by atoms with E-state index in [-0.39, 0.29) is 22.6 Å². The summed E-state index contributed by atoms with van der Waals surface area (Å²) >= 11 is 0. The van der Waals surface area contributed by atoms with Crippen LogP contribution in [0.15, 0.2) is 34.1 Å². The lowest BCUT2D eigenvalue weighted by molar-refractivity contribution is -0.116. The number of anilines is 1. The van der Waals surface area contributed by atoms with E-state index in [2.05, 4.69) is 10.3 Å². The van der Waals surface area contributed by atoms with Crippen molar-refractivity contribution in [2.45, 2.75) is 6.54 Å². The molecule has 0 radical (unpaired) electrons. The topological polar surface area (TPSA) is 100 Å². The summed E-state index contributed by atoms with van der Waals surface area (Å²) in [5.41, 5.74) is -0.678. The molecule has 0 aliphatic heterocycles. The van der Waals surface area contributed by atoms with Crippen molar-refractivity contribution in [3.8, 4) is 5.75 Å². The summed E-state index contributed by atoms with van der Waals surface area (Å²) < 4.78 is 22.0. The predicted molar refractivity (Wildman–Crippen MR) is 91.8 cm³/mol. The van der Waals surface area contributed by atoms with Crippen molar-refractivity contribution in [1.29, 1.82) is 0 Å². The molecule has 2 heterocycles. The highest BCUT2D eigenvalue weighted by molar-refractivity contribution is 5.90. The van der Waals surface area contributed by atoms with E-state index in [9.17, 15) is 18.8 Å². The van der Waals surface area contributed by atoms with Gasteiger partial charge in [0.2, 0.25) is 5.91 Å². The summed E-state index contributed by atoms with van der Waals surface area (Å²) in [6.45, 7) is -0.514. The molecular formula is C16H16FN5O4. The maximum atomic E-state index is 13.7. The Labute approximate surface area is 146 Å². The van der Waals surface area contributed by atoms with E-state index in [1.807, 2.05) is 0 Å². The molecule has 1 amide bonds. The Kier molecular flexibility index (Phi) is 4.33. The maximum Gasteiger partial charge on any atom is 0.332 e. The molecule has 1 aromatic carbocycles. The first-order chi connectivity index (χ1) is 12.3. The number of rotatable bonds is 4. The highest BCUT2D eigenvalue weighted by Crippen LogP contribution is 2.20. The molecule has 0 unspecified atom stereocenters.